The second kappa shape index (κ2) is 5.63. The van der Waals surface area contributed by atoms with E-state index in [-0.39, 0.29) is 0 Å². The zero-order chi connectivity index (χ0) is 9.52. The van der Waals surface area contributed by atoms with Crippen molar-refractivity contribution in [3.05, 3.63) is 30.3 Å². The molecule has 1 aromatic rings. The zero-order valence-electron chi connectivity index (χ0n) is 8.42. The molecule has 71 valence electrons. The molecule has 13 heavy (non-hydrogen) atoms. The molecule has 0 amide bonds. The van der Waals surface area contributed by atoms with E-state index in [1.165, 1.54) is 6.42 Å². The van der Waals surface area contributed by atoms with Crippen LogP contribution in [0.15, 0.2) is 24.3 Å². The van der Waals surface area contributed by atoms with Gasteiger partial charge in [0.25, 0.3) is 0 Å². The van der Waals surface area contributed by atoms with Crippen molar-refractivity contribution < 1.29 is 4.74 Å². The maximum absolute atomic E-state index is 5.78. The van der Waals surface area contributed by atoms with E-state index in [0.717, 1.165) is 18.6 Å². The molecule has 0 heterocycles. The van der Waals surface area contributed by atoms with E-state index in [9.17, 15) is 0 Å². The van der Waals surface area contributed by atoms with Crippen LogP contribution in [0.2, 0.25) is 0 Å². The maximum atomic E-state index is 5.78. The van der Waals surface area contributed by atoms with Crippen molar-refractivity contribution in [2.75, 3.05) is 0 Å². The fourth-order valence-electron chi connectivity index (χ4n) is 1.31. The summed E-state index contributed by atoms with van der Waals surface area (Å²) in [6.45, 7) is 4.35. The minimum atomic E-state index is 0.368. The molecule has 0 aliphatic heterocycles. The molecule has 1 rings (SSSR count). The van der Waals surface area contributed by atoms with Gasteiger partial charge in [0.15, 0.2) is 0 Å². The first-order valence-electron chi connectivity index (χ1n) is 4.99. The van der Waals surface area contributed by atoms with E-state index in [0.29, 0.717) is 6.10 Å². The van der Waals surface area contributed by atoms with Crippen LogP contribution in [-0.4, -0.2) is 6.10 Å². The highest BCUT2D eigenvalue weighted by Gasteiger charge is 2.05. The smallest absolute Gasteiger partial charge is 0.119 e. The third-order valence-electron chi connectivity index (χ3n) is 2.06. The van der Waals surface area contributed by atoms with Crippen molar-refractivity contribution in [3.8, 4) is 5.75 Å². The van der Waals surface area contributed by atoms with Gasteiger partial charge < -0.3 is 4.74 Å². The first-order valence-corrected chi connectivity index (χ1v) is 4.99. The molecule has 0 aliphatic rings. The van der Waals surface area contributed by atoms with Crippen LogP contribution < -0.4 is 4.74 Å². The molecule has 0 aliphatic carbocycles. The van der Waals surface area contributed by atoms with Gasteiger partial charge in [0.2, 0.25) is 0 Å². The first-order chi connectivity index (χ1) is 6.36. The summed E-state index contributed by atoms with van der Waals surface area (Å²) in [6.07, 6.45) is 3.76. The third-order valence-corrected chi connectivity index (χ3v) is 2.06. The predicted molar refractivity (Wildman–Crippen MR) is 54.9 cm³/mol. The first kappa shape index (κ1) is 10.1. The van der Waals surface area contributed by atoms with Crippen LogP contribution in [0.25, 0.3) is 0 Å². The Kier molecular flexibility index (Phi) is 4.37. The predicted octanol–water partition coefficient (Wildman–Crippen LogP) is 3.44. The summed E-state index contributed by atoms with van der Waals surface area (Å²) < 4.78 is 5.78. The van der Waals surface area contributed by atoms with E-state index in [4.69, 9.17) is 4.74 Å². The number of ether oxygens (including phenoxy) is 1. The quantitative estimate of drug-likeness (QED) is 0.669. The van der Waals surface area contributed by atoms with Crippen LogP contribution in [0.3, 0.4) is 0 Å². The Morgan fingerprint density at radius 1 is 1.31 bits per heavy atom. The topological polar surface area (TPSA) is 9.23 Å². The molecular formula is C12H17O. The third kappa shape index (κ3) is 3.49. The number of hydrogen-bond acceptors (Lipinski definition) is 1. The van der Waals surface area contributed by atoms with Gasteiger partial charge in [-0.15, -0.1) is 0 Å². The molecule has 1 unspecified atom stereocenters. The second-order valence-electron chi connectivity index (χ2n) is 3.17. The van der Waals surface area contributed by atoms with Gasteiger partial charge in [0, 0.05) is 0 Å². The highest BCUT2D eigenvalue weighted by molar-refractivity contribution is 5.20. The van der Waals surface area contributed by atoms with Crippen molar-refractivity contribution in [2.24, 2.45) is 0 Å². The Balaban J connectivity index is 2.46. The summed E-state index contributed by atoms with van der Waals surface area (Å²) in [6, 6.07) is 10.7. The molecular weight excluding hydrogens is 160 g/mol. The molecule has 0 bridgehead atoms. The van der Waals surface area contributed by atoms with E-state index >= 15 is 0 Å². The molecule has 0 aromatic heterocycles. The van der Waals surface area contributed by atoms with Crippen molar-refractivity contribution in [3.63, 3.8) is 0 Å². The maximum Gasteiger partial charge on any atom is 0.119 e. The summed E-state index contributed by atoms with van der Waals surface area (Å²) in [5, 5.41) is 0. The highest BCUT2D eigenvalue weighted by Crippen LogP contribution is 2.14. The number of benzene rings is 1. The molecule has 0 fully saturated rings. The van der Waals surface area contributed by atoms with Gasteiger partial charge in [0.05, 0.1) is 6.10 Å². The van der Waals surface area contributed by atoms with Crippen molar-refractivity contribution >= 4 is 0 Å². The Hall–Kier alpha value is -0.980. The van der Waals surface area contributed by atoms with Gasteiger partial charge in [-0.25, -0.2) is 0 Å². The lowest BCUT2D eigenvalue weighted by Crippen LogP contribution is -2.14. The van der Waals surface area contributed by atoms with Crippen molar-refractivity contribution in [1.29, 1.82) is 0 Å². The van der Waals surface area contributed by atoms with Gasteiger partial charge in [-0.2, -0.15) is 0 Å². The van der Waals surface area contributed by atoms with Gasteiger partial charge >= 0.3 is 0 Å². The minimum absolute atomic E-state index is 0.368. The lowest BCUT2D eigenvalue weighted by atomic mass is 10.1. The average molecular weight is 177 g/mol. The monoisotopic (exact) mass is 177 g/mol. The van der Waals surface area contributed by atoms with Crippen LogP contribution in [0.4, 0.5) is 0 Å². The van der Waals surface area contributed by atoms with Crippen LogP contribution in [-0.2, 0) is 0 Å². The molecule has 0 N–H and O–H groups in total. The SMILES string of the molecule is CCCC(CC)Oc1cc[c]cc1. The van der Waals surface area contributed by atoms with Crippen molar-refractivity contribution in [1.82, 2.24) is 0 Å². The molecule has 0 saturated heterocycles. The van der Waals surface area contributed by atoms with E-state index < -0.39 is 0 Å². The van der Waals surface area contributed by atoms with Crippen LogP contribution in [0.5, 0.6) is 5.75 Å². The summed E-state index contributed by atoms with van der Waals surface area (Å²) in [7, 11) is 0. The van der Waals surface area contributed by atoms with Gasteiger partial charge in [-0.3, -0.25) is 0 Å². The normalized spacial score (nSPS) is 12.5. The van der Waals surface area contributed by atoms with Gasteiger partial charge in [0.1, 0.15) is 5.75 Å². The molecule has 1 heteroatoms. The van der Waals surface area contributed by atoms with Crippen LogP contribution >= 0.6 is 0 Å². The minimum Gasteiger partial charge on any atom is -0.490 e. The van der Waals surface area contributed by atoms with Crippen LogP contribution in [0.1, 0.15) is 33.1 Å². The van der Waals surface area contributed by atoms with E-state index in [1.807, 2.05) is 24.3 Å². The van der Waals surface area contributed by atoms with E-state index in [1.54, 1.807) is 0 Å². The number of rotatable bonds is 5. The summed E-state index contributed by atoms with van der Waals surface area (Å²) in [4.78, 5) is 0. The van der Waals surface area contributed by atoms with E-state index in [2.05, 4.69) is 19.9 Å². The van der Waals surface area contributed by atoms with Gasteiger partial charge in [-0.1, -0.05) is 32.4 Å². The highest BCUT2D eigenvalue weighted by atomic mass is 16.5. The average Bonchev–Trinajstić information content (AvgIpc) is 2.19. The summed E-state index contributed by atoms with van der Waals surface area (Å²) in [5.74, 6) is 0.957. The summed E-state index contributed by atoms with van der Waals surface area (Å²) in [5.41, 5.74) is 0. The molecule has 1 radical (unpaired) electrons. The standard InChI is InChI=1S/C12H17O/c1-3-8-11(4-2)13-12-9-6-5-7-10-12/h6-7,9-11H,3-4,8H2,1-2H3. The fraction of sp³-hybridized carbons (Fsp3) is 0.500. The second-order valence-corrected chi connectivity index (χ2v) is 3.17. The Bertz CT molecular complexity index is 218. The number of hydrogen-bond donors (Lipinski definition) is 0. The Labute approximate surface area is 80.7 Å². The molecule has 1 aromatic carbocycles. The lowest BCUT2D eigenvalue weighted by Gasteiger charge is -2.16. The van der Waals surface area contributed by atoms with Gasteiger partial charge in [-0.05, 0) is 31.0 Å². The Morgan fingerprint density at radius 3 is 2.54 bits per heavy atom. The Morgan fingerprint density at radius 2 is 2.00 bits per heavy atom. The largest absolute Gasteiger partial charge is 0.490 e. The zero-order valence-corrected chi connectivity index (χ0v) is 8.42. The fourth-order valence-corrected chi connectivity index (χ4v) is 1.31. The molecule has 0 saturated carbocycles. The van der Waals surface area contributed by atoms with Crippen LogP contribution in [0, 0.1) is 6.07 Å². The molecule has 0 spiro atoms. The summed E-state index contributed by atoms with van der Waals surface area (Å²) >= 11 is 0. The molecule has 1 atom stereocenters. The van der Waals surface area contributed by atoms with Crippen molar-refractivity contribution in [2.45, 2.75) is 39.2 Å². The lowest BCUT2D eigenvalue weighted by molar-refractivity contribution is 0.186. The molecule has 1 nitrogen and oxygen atoms in total.